The van der Waals surface area contributed by atoms with Crippen molar-refractivity contribution < 1.29 is 13.2 Å². The van der Waals surface area contributed by atoms with E-state index in [0.29, 0.717) is 18.1 Å². The van der Waals surface area contributed by atoms with E-state index in [2.05, 4.69) is 31.9 Å². The highest BCUT2D eigenvalue weighted by Crippen LogP contribution is 2.41. The maximum Gasteiger partial charge on any atom is 0.150 e. The highest BCUT2D eigenvalue weighted by Gasteiger charge is 2.43. The number of hydrogen-bond acceptors (Lipinski definition) is 3. The summed E-state index contributed by atoms with van der Waals surface area (Å²) in [7, 11) is -1.13. The molecule has 1 atom stereocenters. The van der Waals surface area contributed by atoms with Crippen LogP contribution in [0.1, 0.15) is 12.8 Å². The van der Waals surface area contributed by atoms with Crippen molar-refractivity contribution in [2.45, 2.75) is 12.8 Å². The minimum atomic E-state index is -2.81. The Hall–Kier alpha value is 0.870. The fourth-order valence-electron chi connectivity index (χ4n) is 2.17. The molecule has 96 valence electrons. The molecule has 1 unspecified atom stereocenters. The van der Waals surface area contributed by atoms with E-state index in [9.17, 15) is 8.42 Å². The first-order valence-corrected chi connectivity index (χ1v) is 9.37. The molecule has 1 aliphatic heterocycles. The van der Waals surface area contributed by atoms with Crippen molar-refractivity contribution in [2.24, 2.45) is 11.3 Å². The number of methoxy groups -OCH3 is 1. The number of ether oxygens (including phenoxy) is 1. The molecular formula is C10H18Br2O3S. The fraction of sp³-hybridized carbons (Fsp3) is 1.00. The van der Waals surface area contributed by atoms with Crippen LogP contribution in [0.5, 0.6) is 0 Å². The second-order valence-corrected chi connectivity index (χ2v) is 7.82. The van der Waals surface area contributed by atoms with Gasteiger partial charge < -0.3 is 4.74 Å². The van der Waals surface area contributed by atoms with Crippen molar-refractivity contribution in [3.63, 3.8) is 0 Å². The smallest absolute Gasteiger partial charge is 0.150 e. The van der Waals surface area contributed by atoms with Crippen LogP contribution in [0, 0.1) is 11.3 Å². The predicted molar refractivity (Wildman–Crippen MR) is 73.3 cm³/mol. The molecule has 0 saturated carbocycles. The molecule has 3 nitrogen and oxygen atoms in total. The van der Waals surface area contributed by atoms with Gasteiger partial charge >= 0.3 is 0 Å². The van der Waals surface area contributed by atoms with Crippen molar-refractivity contribution in [2.75, 3.05) is 35.9 Å². The van der Waals surface area contributed by atoms with Crippen LogP contribution in [0.4, 0.5) is 0 Å². The number of rotatable bonds is 6. The molecule has 16 heavy (non-hydrogen) atoms. The van der Waals surface area contributed by atoms with Crippen LogP contribution >= 0.6 is 31.9 Å². The van der Waals surface area contributed by atoms with Crippen molar-refractivity contribution in [1.82, 2.24) is 0 Å². The molecule has 1 fully saturated rings. The van der Waals surface area contributed by atoms with Gasteiger partial charge in [-0.3, -0.25) is 0 Å². The quantitative estimate of drug-likeness (QED) is 0.666. The number of sulfone groups is 1. The van der Waals surface area contributed by atoms with Crippen LogP contribution < -0.4 is 0 Å². The Balaban J connectivity index is 2.77. The average Bonchev–Trinajstić information content (AvgIpc) is 2.62. The van der Waals surface area contributed by atoms with Gasteiger partial charge in [-0.15, -0.1) is 0 Å². The first kappa shape index (κ1) is 14.9. The van der Waals surface area contributed by atoms with Gasteiger partial charge in [0.2, 0.25) is 0 Å². The third-order valence-corrected chi connectivity index (χ3v) is 7.44. The van der Waals surface area contributed by atoms with Gasteiger partial charge in [0.15, 0.2) is 9.84 Å². The summed E-state index contributed by atoms with van der Waals surface area (Å²) in [6.45, 7) is 0.674. The van der Waals surface area contributed by atoms with Crippen LogP contribution in [0.2, 0.25) is 0 Å². The summed E-state index contributed by atoms with van der Waals surface area (Å²) in [4.78, 5) is 0. The lowest BCUT2D eigenvalue weighted by atomic mass is 9.76. The van der Waals surface area contributed by atoms with E-state index in [1.54, 1.807) is 7.11 Å². The molecule has 0 aromatic heterocycles. The Morgan fingerprint density at radius 1 is 1.38 bits per heavy atom. The first-order chi connectivity index (χ1) is 7.49. The lowest BCUT2D eigenvalue weighted by Crippen LogP contribution is -2.36. The topological polar surface area (TPSA) is 43.4 Å². The van der Waals surface area contributed by atoms with E-state index in [4.69, 9.17) is 4.74 Å². The first-order valence-electron chi connectivity index (χ1n) is 5.31. The molecule has 0 bridgehead atoms. The van der Waals surface area contributed by atoms with Gasteiger partial charge in [-0.2, -0.15) is 0 Å². The van der Waals surface area contributed by atoms with Crippen molar-refractivity contribution >= 4 is 41.7 Å². The molecular weight excluding hydrogens is 360 g/mol. The molecule has 1 rings (SSSR count). The second kappa shape index (κ2) is 6.16. The summed E-state index contributed by atoms with van der Waals surface area (Å²) in [5, 5.41) is 1.63. The molecule has 0 radical (unpaired) electrons. The molecule has 0 aromatic carbocycles. The van der Waals surface area contributed by atoms with Gasteiger partial charge in [0.25, 0.3) is 0 Å². The standard InChI is InChI=1S/C10H18Br2O3S/c1-15-4-3-10(7-11,8-12)9-2-5-16(13,14)6-9/h9H,2-8H2,1H3. The number of alkyl halides is 2. The van der Waals surface area contributed by atoms with Gasteiger partial charge in [0, 0.05) is 24.4 Å². The third kappa shape index (κ3) is 3.43. The highest BCUT2D eigenvalue weighted by molar-refractivity contribution is 9.09. The molecule has 1 saturated heterocycles. The lowest BCUT2D eigenvalue weighted by Gasteiger charge is -2.35. The number of hydrogen-bond donors (Lipinski definition) is 0. The predicted octanol–water partition coefficient (Wildman–Crippen LogP) is 2.23. The Morgan fingerprint density at radius 3 is 2.38 bits per heavy atom. The third-order valence-electron chi connectivity index (χ3n) is 3.43. The molecule has 1 aliphatic rings. The molecule has 6 heteroatoms. The minimum Gasteiger partial charge on any atom is -0.385 e. The van der Waals surface area contributed by atoms with Crippen molar-refractivity contribution in [3.8, 4) is 0 Å². The van der Waals surface area contributed by atoms with Gasteiger partial charge in [-0.05, 0) is 24.2 Å². The van der Waals surface area contributed by atoms with E-state index in [1.807, 2.05) is 0 Å². The molecule has 0 aliphatic carbocycles. The minimum absolute atomic E-state index is 0.000417. The van der Waals surface area contributed by atoms with Crippen LogP contribution in [-0.2, 0) is 14.6 Å². The maximum atomic E-state index is 11.5. The molecule has 0 N–H and O–H groups in total. The Labute approximate surface area is 114 Å². The normalized spacial score (nSPS) is 24.8. The molecule has 0 aromatic rings. The van der Waals surface area contributed by atoms with Crippen LogP contribution in [0.15, 0.2) is 0 Å². The number of halogens is 2. The zero-order valence-corrected chi connectivity index (χ0v) is 13.4. The second-order valence-electron chi connectivity index (χ2n) is 4.47. The van der Waals surface area contributed by atoms with Gasteiger partial charge in [0.1, 0.15) is 0 Å². The van der Waals surface area contributed by atoms with E-state index in [1.165, 1.54) is 0 Å². The summed E-state index contributed by atoms with van der Waals surface area (Å²) >= 11 is 7.06. The highest BCUT2D eigenvalue weighted by atomic mass is 79.9. The van der Waals surface area contributed by atoms with Crippen molar-refractivity contribution in [3.05, 3.63) is 0 Å². The van der Waals surface area contributed by atoms with E-state index < -0.39 is 9.84 Å². The van der Waals surface area contributed by atoms with Crippen molar-refractivity contribution in [1.29, 1.82) is 0 Å². The van der Waals surface area contributed by atoms with E-state index in [0.717, 1.165) is 23.5 Å². The molecule has 1 heterocycles. The van der Waals surface area contributed by atoms with Crippen LogP contribution in [-0.4, -0.2) is 44.3 Å². The lowest BCUT2D eigenvalue weighted by molar-refractivity contribution is 0.129. The van der Waals surface area contributed by atoms with E-state index in [-0.39, 0.29) is 11.3 Å². The summed E-state index contributed by atoms with van der Waals surface area (Å²) in [5.41, 5.74) is -0.000417. The summed E-state index contributed by atoms with van der Waals surface area (Å²) in [6.07, 6.45) is 1.67. The van der Waals surface area contributed by atoms with Crippen LogP contribution in [0.3, 0.4) is 0 Å². The Kier molecular flexibility index (Phi) is 5.75. The molecule has 0 amide bonds. The Morgan fingerprint density at radius 2 is 2.00 bits per heavy atom. The fourth-order valence-corrected chi connectivity index (χ4v) is 6.52. The zero-order chi connectivity index (χ0) is 12.2. The SMILES string of the molecule is COCCC(CBr)(CBr)C1CCS(=O)(=O)C1. The van der Waals surface area contributed by atoms with Gasteiger partial charge in [-0.25, -0.2) is 8.42 Å². The maximum absolute atomic E-state index is 11.5. The monoisotopic (exact) mass is 376 g/mol. The van der Waals surface area contributed by atoms with Gasteiger partial charge in [-0.1, -0.05) is 31.9 Å². The summed E-state index contributed by atoms with van der Waals surface area (Å²) in [6, 6.07) is 0. The zero-order valence-electron chi connectivity index (χ0n) is 9.42. The summed E-state index contributed by atoms with van der Waals surface area (Å²) in [5.74, 6) is 0.909. The Bertz CT molecular complexity index is 312. The largest absolute Gasteiger partial charge is 0.385 e. The summed E-state index contributed by atoms with van der Waals surface area (Å²) < 4.78 is 28.2. The van der Waals surface area contributed by atoms with E-state index >= 15 is 0 Å². The average molecular weight is 378 g/mol. The van der Waals surface area contributed by atoms with Gasteiger partial charge in [0.05, 0.1) is 11.5 Å². The molecule has 0 spiro atoms. The van der Waals surface area contributed by atoms with Crippen LogP contribution in [0.25, 0.3) is 0 Å².